The van der Waals surface area contributed by atoms with Crippen molar-refractivity contribution in [3.63, 3.8) is 0 Å². The normalized spacial score (nSPS) is 11.9. The zero-order valence-electron chi connectivity index (χ0n) is 12.7. The Morgan fingerprint density at radius 2 is 2.09 bits per heavy atom. The molecule has 0 unspecified atom stereocenters. The summed E-state index contributed by atoms with van der Waals surface area (Å²) >= 11 is 0. The number of nitrogens with zero attached hydrogens (tertiary/aromatic N) is 3. The zero-order chi connectivity index (χ0) is 16.2. The number of methoxy groups -OCH3 is 1. The largest absolute Gasteiger partial charge is 0.479 e. The van der Waals surface area contributed by atoms with E-state index in [0.717, 1.165) is 11.3 Å². The molecular weight excluding hydrogens is 298 g/mol. The summed E-state index contributed by atoms with van der Waals surface area (Å²) in [5, 5.41) is 7.73. The van der Waals surface area contributed by atoms with Crippen molar-refractivity contribution in [3.05, 3.63) is 60.1 Å². The molecule has 7 nitrogen and oxygen atoms in total. The molecule has 0 aliphatic rings. The van der Waals surface area contributed by atoms with Gasteiger partial charge in [-0.25, -0.2) is 9.48 Å². The molecule has 2 heterocycles. The summed E-state index contributed by atoms with van der Waals surface area (Å²) in [5.74, 6) is -0.362. The number of benzene rings is 1. The molecule has 0 N–H and O–H groups in total. The van der Waals surface area contributed by atoms with Crippen LogP contribution < -0.4 is 4.74 Å². The molecule has 0 radical (unpaired) electrons. The minimum atomic E-state index is -0.593. The molecule has 118 valence electrons. The predicted molar refractivity (Wildman–Crippen MR) is 80.4 cm³/mol. The Labute approximate surface area is 132 Å². The van der Waals surface area contributed by atoms with E-state index in [0.29, 0.717) is 0 Å². The van der Waals surface area contributed by atoms with Crippen LogP contribution in [0.4, 0.5) is 0 Å². The molecule has 1 atom stereocenters. The average Bonchev–Trinajstić information content (AvgIpc) is 3.26. The SMILES string of the molecule is COc1cc(C(=O)O[C@@H](C)c2ccc(-n3cccn3)cc2)on1. The Morgan fingerprint density at radius 3 is 2.70 bits per heavy atom. The quantitative estimate of drug-likeness (QED) is 0.674. The van der Waals surface area contributed by atoms with Gasteiger partial charge in [0.1, 0.15) is 6.10 Å². The molecule has 0 amide bonds. The Bertz CT molecular complexity index is 778. The fourth-order valence-electron chi connectivity index (χ4n) is 2.06. The van der Waals surface area contributed by atoms with Gasteiger partial charge < -0.3 is 14.0 Å². The van der Waals surface area contributed by atoms with Gasteiger partial charge >= 0.3 is 5.97 Å². The number of carbonyl (C=O) groups excluding carboxylic acids is 1. The van der Waals surface area contributed by atoms with Gasteiger partial charge in [-0.1, -0.05) is 12.1 Å². The summed E-state index contributed by atoms with van der Waals surface area (Å²) in [4.78, 5) is 12.0. The summed E-state index contributed by atoms with van der Waals surface area (Å²) in [6, 6.07) is 10.8. The van der Waals surface area contributed by atoms with Crippen LogP contribution in [-0.4, -0.2) is 28.0 Å². The van der Waals surface area contributed by atoms with Gasteiger partial charge in [-0.15, -0.1) is 0 Å². The van der Waals surface area contributed by atoms with E-state index in [1.54, 1.807) is 17.8 Å². The van der Waals surface area contributed by atoms with Gasteiger partial charge in [-0.3, -0.25) is 0 Å². The van der Waals surface area contributed by atoms with Crippen LogP contribution in [-0.2, 0) is 4.74 Å². The lowest BCUT2D eigenvalue weighted by atomic mass is 10.1. The number of hydrogen-bond acceptors (Lipinski definition) is 6. The Hall–Kier alpha value is -3.09. The van der Waals surface area contributed by atoms with E-state index < -0.39 is 12.1 Å². The lowest BCUT2D eigenvalue weighted by Crippen LogP contribution is -2.08. The van der Waals surface area contributed by atoms with Crippen LogP contribution in [0.2, 0.25) is 0 Å². The smallest absolute Gasteiger partial charge is 0.377 e. The van der Waals surface area contributed by atoms with Crippen molar-refractivity contribution in [3.8, 4) is 11.6 Å². The van der Waals surface area contributed by atoms with E-state index in [1.807, 2.05) is 36.5 Å². The first-order valence-corrected chi connectivity index (χ1v) is 6.99. The molecule has 3 aromatic rings. The molecule has 1 aromatic carbocycles. The third-order valence-electron chi connectivity index (χ3n) is 3.31. The number of carbonyl (C=O) groups is 1. The molecular formula is C16H15N3O4. The van der Waals surface area contributed by atoms with Gasteiger partial charge in [-0.05, 0) is 35.8 Å². The summed E-state index contributed by atoms with van der Waals surface area (Å²) in [6.07, 6.45) is 3.14. The molecule has 23 heavy (non-hydrogen) atoms. The number of rotatable bonds is 5. The molecule has 0 saturated carbocycles. The molecule has 3 rings (SSSR count). The first kappa shape index (κ1) is 14.8. The maximum absolute atomic E-state index is 12.0. The third kappa shape index (κ3) is 3.23. The minimum absolute atomic E-state index is 0.00172. The molecule has 0 spiro atoms. The van der Waals surface area contributed by atoms with Crippen molar-refractivity contribution in [2.45, 2.75) is 13.0 Å². The molecule has 7 heteroatoms. The van der Waals surface area contributed by atoms with Crippen molar-refractivity contribution in [2.24, 2.45) is 0 Å². The van der Waals surface area contributed by atoms with Crippen molar-refractivity contribution in [1.82, 2.24) is 14.9 Å². The van der Waals surface area contributed by atoms with Crippen LogP contribution in [0.25, 0.3) is 5.69 Å². The first-order valence-electron chi connectivity index (χ1n) is 6.99. The lowest BCUT2D eigenvalue weighted by molar-refractivity contribution is 0.0291. The molecule has 2 aromatic heterocycles. The van der Waals surface area contributed by atoms with Crippen molar-refractivity contribution < 1.29 is 18.8 Å². The Balaban J connectivity index is 1.68. The van der Waals surface area contributed by atoms with Gasteiger partial charge in [0.05, 0.1) is 18.9 Å². The topological polar surface area (TPSA) is 79.4 Å². The third-order valence-corrected chi connectivity index (χ3v) is 3.31. The molecule has 0 aliphatic carbocycles. The van der Waals surface area contributed by atoms with E-state index in [9.17, 15) is 4.79 Å². The maximum Gasteiger partial charge on any atom is 0.377 e. The minimum Gasteiger partial charge on any atom is -0.479 e. The van der Waals surface area contributed by atoms with Crippen molar-refractivity contribution in [1.29, 1.82) is 0 Å². The first-order chi connectivity index (χ1) is 11.2. The van der Waals surface area contributed by atoms with Crippen LogP contribution in [0.1, 0.15) is 29.1 Å². The second-order valence-electron chi connectivity index (χ2n) is 4.82. The van der Waals surface area contributed by atoms with E-state index in [2.05, 4.69) is 10.3 Å². The van der Waals surface area contributed by atoms with E-state index in [1.165, 1.54) is 13.2 Å². The van der Waals surface area contributed by atoms with Crippen LogP contribution >= 0.6 is 0 Å². The molecule has 0 saturated heterocycles. The fraction of sp³-hybridized carbons (Fsp3) is 0.188. The van der Waals surface area contributed by atoms with Crippen LogP contribution in [0.15, 0.2) is 53.3 Å². The van der Waals surface area contributed by atoms with E-state index in [4.69, 9.17) is 14.0 Å². The van der Waals surface area contributed by atoms with E-state index in [-0.39, 0.29) is 11.6 Å². The fourth-order valence-corrected chi connectivity index (χ4v) is 2.06. The molecule has 0 fully saturated rings. The van der Waals surface area contributed by atoms with Gasteiger partial charge in [-0.2, -0.15) is 5.10 Å². The van der Waals surface area contributed by atoms with Crippen LogP contribution in [0.5, 0.6) is 5.88 Å². The van der Waals surface area contributed by atoms with Gasteiger partial charge in [0.2, 0.25) is 5.76 Å². The average molecular weight is 313 g/mol. The molecule has 0 bridgehead atoms. The second-order valence-corrected chi connectivity index (χ2v) is 4.82. The monoisotopic (exact) mass is 313 g/mol. The summed E-state index contributed by atoms with van der Waals surface area (Å²) < 4.78 is 16.8. The standard InChI is InChI=1S/C16H15N3O4/c1-11(22-16(20)14-10-15(21-2)18-23-14)12-4-6-13(7-5-12)19-9-3-8-17-19/h3-11H,1-2H3/t11-/m0/s1. The second kappa shape index (κ2) is 6.35. The van der Waals surface area contributed by atoms with Gasteiger partial charge in [0.15, 0.2) is 0 Å². The Kier molecular flexibility index (Phi) is 4.09. The highest BCUT2D eigenvalue weighted by atomic mass is 16.6. The zero-order valence-corrected chi connectivity index (χ0v) is 12.7. The summed E-state index contributed by atoms with van der Waals surface area (Å²) in [5.41, 5.74) is 1.79. The highest BCUT2D eigenvalue weighted by Gasteiger charge is 2.19. The Morgan fingerprint density at radius 1 is 1.30 bits per heavy atom. The summed E-state index contributed by atoms with van der Waals surface area (Å²) in [7, 11) is 1.44. The number of esters is 1. The summed E-state index contributed by atoms with van der Waals surface area (Å²) in [6.45, 7) is 1.79. The van der Waals surface area contributed by atoms with Crippen LogP contribution in [0, 0.1) is 0 Å². The van der Waals surface area contributed by atoms with Crippen molar-refractivity contribution >= 4 is 5.97 Å². The van der Waals surface area contributed by atoms with Crippen LogP contribution in [0.3, 0.4) is 0 Å². The van der Waals surface area contributed by atoms with Crippen molar-refractivity contribution in [2.75, 3.05) is 7.11 Å². The number of hydrogen-bond donors (Lipinski definition) is 0. The highest BCUT2D eigenvalue weighted by Crippen LogP contribution is 2.21. The molecule has 0 aliphatic heterocycles. The van der Waals surface area contributed by atoms with E-state index >= 15 is 0 Å². The lowest BCUT2D eigenvalue weighted by Gasteiger charge is -2.13. The number of aromatic nitrogens is 3. The maximum atomic E-state index is 12.0. The van der Waals surface area contributed by atoms with Gasteiger partial charge in [0.25, 0.3) is 5.88 Å². The van der Waals surface area contributed by atoms with Gasteiger partial charge in [0, 0.05) is 12.4 Å². The highest BCUT2D eigenvalue weighted by molar-refractivity contribution is 5.86. The predicted octanol–water partition coefficient (Wildman–Crippen LogP) is 2.79. The number of ether oxygens (including phenoxy) is 2.